The molecule has 1 N–H and O–H groups in total. The van der Waals surface area contributed by atoms with Crippen molar-refractivity contribution < 1.29 is 14.3 Å². The van der Waals surface area contributed by atoms with Gasteiger partial charge in [0.1, 0.15) is 12.4 Å². The topological polar surface area (TPSA) is 45.8 Å². The van der Waals surface area contributed by atoms with Gasteiger partial charge in [-0.05, 0) is 37.9 Å². The fraction of sp³-hybridized carbons (Fsp3) is 0.733. The van der Waals surface area contributed by atoms with E-state index in [9.17, 15) is 5.11 Å². The second-order valence-corrected chi connectivity index (χ2v) is 5.62. The maximum atomic E-state index is 9.92. The van der Waals surface area contributed by atoms with Crippen molar-refractivity contribution in [3.8, 4) is 0 Å². The van der Waals surface area contributed by atoms with E-state index in [0.29, 0.717) is 19.8 Å². The summed E-state index contributed by atoms with van der Waals surface area (Å²) >= 11 is 0. The number of aliphatic hydroxyl groups is 1. The van der Waals surface area contributed by atoms with Gasteiger partial charge in [0.05, 0.1) is 19.0 Å². The molecule has 19 heavy (non-hydrogen) atoms. The number of likely N-dealkylation sites (N-methyl/N-ethyl adjacent to an activating group) is 1. The normalized spacial score (nSPS) is 18.3. The lowest BCUT2D eigenvalue weighted by Crippen LogP contribution is -2.34. The zero-order valence-electron chi connectivity index (χ0n) is 11.8. The molecule has 4 heteroatoms. The van der Waals surface area contributed by atoms with Crippen molar-refractivity contribution in [1.82, 2.24) is 4.90 Å². The molecule has 108 valence electrons. The number of nitrogens with zero attached hydrogens (tertiary/aromatic N) is 1. The fourth-order valence-electron chi connectivity index (χ4n) is 2.81. The molecule has 1 unspecified atom stereocenters. The number of furan rings is 1. The molecule has 0 saturated heterocycles. The Morgan fingerprint density at radius 2 is 2.26 bits per heavy atom. The van der Waals surface area contributed by atoms with Gasteiger partial charge >= 0.3 is 0 Å². The van der Waals surface area contributed by atoms with Crippen LogP contribution in [0.2, 0.25) is 0 Å². The third-order valence-corrected chi connectivity index (χ3v) is 3.70. The fourth-order valence-corrected chi connectivity index (χ4v) is 2.81. The predicted molar refractivity (Wildman–Crippen MR) is 73.8 cm³/mol. The Balaban J connectivity index is 1.56. The molecular formula is C15H25NO3. The summed E-state index contributed by atoms with van der Waals surface area (Å²) in [5.41, 5.74) is 0. The van der Waals surface area contributed by atoms with Crippen molar-refractivity contribution >= 4 is 0 Å². The molecule has 0 aromatic carbocycles. The summed E-state index contributed by atoms with van der Waals surface area (Å²) in [6.07, 6.45) is 6.62. The molecule has 1 aliphatic rings. The molecule has 1 heterocycles. The summed E-state index contributed by atoms with van der Waals surface area (Å²) in [5.74, 6) is 1.62. The summed E-state index contributed by atoms with van der Waals surface area (Å²) < 4.78 is 10.6. The Hall–Kier alpha value is -0.840. The van der Waals surface area contributed by atoms with Crippen molar-refractivity contribution in [2.75, 3.05) is 26.7 Å². The highest BCUT2D eigenvalue weighted by Crippen LogP contribution is 2.25. The third kappa shape index (κ3) is 5.35. The van der Waals surface area contributed by atoms with Crippen LogP contribution in [0.5, 0.6) is 0 Å². The predicted octanol–water partition coefficient (Wildman–Crippen LogP) is 2.28. The van der Waals surface area contributed by atoms with Crippen LogP contribution < -0.4 is 0 Å². The Labute approximate surface area is 115 Å². The van der Waals surface area contributed by atoms with E-state index in [4.69, 9.17) is 9.15 Å². The highest BCUT2D eigenvalue weighted by atomic mass is 16.5. The molecule has 1 atom stereocenters. The molecular weight excluding hydrogens is 242 g/mol. The largest absolute Gasteiger partial charge is 0.467 e. The molecule has 0 bridgehead atoms. The number of ether oxygens (including phenoxy) is 1. The van der Waals surface area contributed by atoms with Crippen molar-refractivity contribution in [1.29, 1.82) is 0 Å². The second kappa shape index (κ2) is 7.68. The first-order valence-corrected chi connectivity index (χ1v) is 7.21. The van der Waals surface area contributed by atoms with Crippen LogP contribution in [0.3, 0.4) is 0 Å². The van der Waals surface area contributed by atoms with E-state index in [1.54, 1.807) is 6.26 Å². The maximum Gasteiger partial charge on any atom is 0.129 e. The van der Waals surface area contributed by atoms with Crippen LogP contribution in [-0.2, 0) is 11.3 Å². The minimum atomic E-state index is -0.429. The van der Waals surface area contributed by atoms with Crippen LogP contribution >= 0.6 is 0 Å². The maximum absolute atomic E-state index is 9.92. The average molecular weight is 267 g/mol. The van der Waals surface area contributed by atoms with Gasteiger partial charge in [0, 0.05) is 13.1 Å². The van der Waals surface area contributed by atoms with Gasteiger partial charge in [-0.3, -0.25) is 0 Å². The quantitative estimate of drug-likeness (QED) is 0.785. The Bertz CT molecular complexity index is 333. The Kier molecular flexibility index (Phi) is 5.89. The van der Waals surface area contributed by atoms with Gasteiger partial charge in [-0.25, -0.2) is 0 Å². The van der Waals surface area contributed by atoms with Crippen molar-refractivity contribution in [2.24, 2.45) is 5.92 Å². The summed E-state index contributed by atoms with van der Waals surface area (Å²) in [4.78, 5) is 2.22. The molecule has 1 saturated carbocycles. The number of rotatable bonds is 8. The van der Waals surface area contributed by atoms with Crippen LogP contribution in [0, 0.1) is 5.92 Å². The van der Waals surface area contributed by atoms with Gasteiger partial charge in [0.25, 0.3) is 0 Å². The van der Waals surface area contributed by atoms with Crippen LogP contribution in [0.4, 0.5) is 0 Å². The van der Waals surface area contributed by atoms with Crippen molar-refractivity contribution in [3.63, 3.8) is 0 Å². The first kappa shape index (κ1) is 14.6. The first-order chi connectivity index (χ1) is 9.24. The zero-order valence-corrected chi connectivity index (χ0v) is 11.8. The van der Waals surface area contributed by atoms with E-state index in [1.165, 1.54) is 25.7 Å². The van der Waals surface area contributed by atoms with Crippen LogP contribution in [-0.4, -0.2) is 42.9 Å². The second-order valence-electron chi connectivity index (χ2n) is 5.62. The van der Waals surface area contributed by atoms with E-state index >= 15 is 0 Å². The summed E-state index contributed by atoms with van der Waals surface area (Å²) in [6, 6.07) is 3.71. The zero-order chi connectivity index (χ0) is 13.5. The summed E-state index contributed by atoms with van der Waals surface area (Å²) in [6.45, 7) is 2.55. The monoisotopic (exact) mass is 267 g/mol. The molecule has 0 aliphatic heterocycles. The number of hydrogen-bond acceptors (Lipinski definition) is 4. The van der Waals surface area contributed by atoms with Gasteiger partial charge in [-0.15, -0.1) is 0 Å². The van der Waals surface area contributed by atoms with Gasteiger partial charge in [0.2, 0.25) is 0 Å². The lowest BCUT2D eigenvalue weighted by Gasteiger charge is -2.23. The van der Waals surface area contributed by atoms with E-state index in [-0.39, 0.29) is 0 Å². The Morgan fingerprint density at radius 3 is 2.95 bits per heavy atom. The summed E-state index contributed by atoms with van der Waals surface area (Å²) in [7, 11) is 2.08. The lowest BCUT2D eigenvalue weighted by molar-refractivity contribution is 0.00701. The molecule has 0 amide bonds. The highest BCUT2D eigenvalue weighted by Gasteiger charge is 2.18. The Morgan fingerprint density at radius 1 is 1.47 bits per heavy atom. The van der Waals surface area contributed by atoms with E-state index in [1.807, 2.05) is 12.1 Å². The highest BCUT2D eigenvalue weighted by molar-refractivity contribution is 4.96. The van der Waals surface area contributed by atoms with Crippen molar-refractivity contribution in [3.05, 3.63) is 24.2 Å². The number of aliphatic hydroxyl groups excluding tert-OH is 1. The van der Waals surface area contributed by atoms with Crippen LogP contribution in [0.1, 0.15) is 31.4 Å². The van der Waals surface area contributed by atoms with Crippen LogP contribution in [0.25, 0.3) is 0 Å². The molecule has 0 radical (unpaired) electrons. The molecule has 1 aromatic heterocycles. The smallest absolute Gasteiger partial charge is 0.129 e. The minimum absolute atomic E-state index is 0.357. The molecule has 4 nitrogen and oxygen atoms in total. The molecule has 1 aliphatic carbocycles. The first-order valence-electron chi connectivity index (χ1n) is 7.21. The van der Waals surface area contributed by atoms with E-state index in [0.717, 1.165) is 18.2 Å². The SMILES string of the molecule is CN(CC(O)COCc1ccco1)CC1CCCC1. The van der Waals surface area contributed by atoms with Gasteiger partial charge in [0.15, 0.2) is 0 Å². The van der Waals surface area contributed by atoms with E-state index in [2.05, 4.69) is 11.9 Å². The molecule has 1 aromatic rings. The van der Waals surface area contributed by atoms with Crippen molar-refractivity contribution in [2.45, 2.75) is 38.4 Å². The average Bonchev–Trinajstić information content (AvgIpc) is 3.01. The molecule has 0 spiro atoms. The third-order valence-electron chi connectivity index (χ3n) is 3.70. The van der Waals surface area contributed by atoms with Crippen LogP contribution in [0.15, 0.2) is 22.8 Å². The minimum Gasteiger partial charge on any atom is -0.467 e. The number of hydrogen-bond donors (Lipinski definition) is 1. The lowest BCUT2D eigenvalue weighted by atomic mass is 10.1. The standard InChI is InChI=1S/C15H25NO3/c1-16(9-13-5-2-3-6-13)10-14(17)11-18-12-15-7-4-8-19-15/h4,7-8,13-14,17H,2-3,5-6,9-12H2,1H3. The molecule has 2 rings (SSSR count). The van der Waals surface area contributed by atoms with Gasteiger partial charge in [-0.2, -0.15) is 0 Å². The summed E-state index contributed by atoms with van der Waals surface area (Å²) in [5, 5.41) is 9.92. The van der Waals surface area contributed by atoms with Gasteiger partial charge in [-0.1, -0.05) is 12.8 Å². The van der Waals surface area contributed by atoms with E-state index < -0.39 is 6.10 Å². The molecule has 1 fully saturated rings. The van der Waals surface area contributed by atoms with Gasteiger partial charge < -0.3 is 19.2 Å².